The number of hydrogen-bond donors (Lipinski definition) is 2. The molecule has 2 amide bonds. The first kappa shape index (κ1) is 10.9. The summed E-state index contributed by atoms with van der Waals surface area (Å²) in [4.78, 5) is 33.0. The summed E-state index contributed by atoms with van der Waals surface area (Å²) in [5.74, 6) is 3.56. The zero-order chi connectivity index (χ0) is 12.4. The molecule has 5 heteroatoms. The van der Waals surface area contributed by atoms with E-state index in [0.29, 0.717) is 16.8 Å². The zero-order valence-corrected chi connectivity index (χ0v) is 8.74. The Morgan fingerprint density at radius 2 is 2.12 bits per heavy atom. The number of nitrogens with one attached hydrogen (secondary N) is 1. The van der Waals surface area contributed by atoms with Crippen LogP contribution in [-0.4, -0.2) is 17.6 Å². The Morgan fingerprint density at radius 1 is 1.35 bits per heavy atom. The molecule has 0 saturated carbocycles. The van der Waals surface area contributed by atoms with Gasteiger partial charge in [0.2, 0.25) is 5.91 Å². The monoisotopic (exact) mass is 228 g/mol. The molecule has 0 atom stereocenters. The molecule has 0 saturated heterocycles. The molecular formula is C12H8N2O3. The molecule has 1 aromatic rings. The van der Waals surface area contributed by atoms with Gasteiger partial charge in [-0.1, -0.05) is 11.8 Å². The minimum atomic E-state index is -0.637. The van der Waals surface area contributed by atoms with Gasteiger partial charge >= 0.3 is 0 Å². The number of carbonyl (C=O) groups is 3. The second-order valence-corrected chi connectivity index (χ2v) is 3.49. The standard InChI is InChI=1S/C12H8N2O3/c13-10(15)3-1-2-7-4-5-9-8(6-7)11(16)12(17)14-9/h4-6H,3H2,(H2,13,15)(H,14,16,17). The van der Waals surface area contributed by atoms with Crippen molar-refractivity contribution in [3.8, 4) is 11.8 Å². The first-order chi connectivity index (χ1) is 8.08. The molecular weight excluding hydrogens is 220 g/mol. The Bertz CT molecular complexity index is 594. The van der Waals surface area contributed by atoms with Gasteiger partial charge in [0.15, 0.2) is 0 Å². The number of rotatable bonds is 1. The van der Waals surface area contributed by atoms with Gasteiger partial charge in [0.25, 0.3) is 11.7 Å². The van der Waals surface area contributed by atoms with E-state index < -0.39 is 17.6 Å². The Kier molecular flexibility index (Phi) is 2.63. The maximum Gasteiger partial charge on any atom is 0.296 e. The number of hydrogen-bond acceptors (Lipinski definition) is 3. The van der Waals surface area contributed by atoms with E-state index >= 15 is 0 Å². The predicted molar refractivity (Wildman–Crippen MR) is 60.1 cm³/mol. The van der Waals surface area contributed by atoms with E-state index in [1.807, 2.05) is 0 Å². The second-order valence-electron chi connectivity index (χ2n) is 3.49. The quantitative estimate of drug-likeness (QED) is 0.525. The maximum atomic E-state index is 11.4. The van der Waals surface area contributed by atoms with Crippen molar-refractivity contribution in [1.29, 1.82) is 0 Å². The molecule has 84 valence electrons. The largest absolute Gasteiger partial charge is 0.369 e. The van der Waals surface area contributed by atoms with Crippen LogP contribution in [0.25, 0.3) is 0 Å². The first-order valence-electron chi connectivity index (χ1n) is 4.85. The highest BCUT2D eigenvalue weighted by molar-refractivity contribution is 6.51. The van der Waals surface area contributed by atoms with Crippen LogP contribution >= 0.6 is 0 Å². The highest BCUT2D eigenvalue weighted by Crippen LogP contribution is 2.23. The fourth-order valence-corrected chi connectivity index (χ4v) is 1.45. The molecule has 0 bridgehead atoms. The number of primary amides is 1. The molecule has 0 unspecified atom stereocenters. The van der Waals surface area contributed by atoms with Crippen LogP contribution in [0.3, 0.4) is 0 Å². The predicted octanol–water partition coefficient (Wildman–Crippen LogP) is 0.0483. The maximum absolute atomic E-state index is 11.4. The summed E-state index contributed by atoms with van der Waals surface area (Å²) in [7, 11) is 0. The number of anilines is 1. The third kappa shape index (κ3) is 2.16. The van der Waals surface area contributed by atoms with Crippen LogP contribution in [0.5, 0.6) is 0 Å². The molecule has 1 aromatic carbocycles. The van der Waals surface area contributed by atoms with Crippen LogP contribution in [0, 0.1) is 11.8 Å². The van der Waals surface area contributed by atoms with E-state index in [4.69, 9.17) is 5.73 Å². The third-order valence-corrected chi connectivity index (χ3v) is 2.21. The van der Waals surface area contributed by atoms with E-state index in [9.17, 15) is 14.4 Å². The fourth-order valence-electron chi connectivity index (χ4n) is 1.45. The molecule has 17 heavy (non-hydrogen) atoms. The van der Waals surface area contributed by atoms with Crippen LogP contribution in [0.2, 0.25) is 0 Å². The average Bonchev–Trinajstić information content (AvgIpc) is 2.55. The third-order valence-electron chi connectivity index (χ3n) is 2.21. The van der Waals surface area contributed by atoms with E-state index in [1.54, 1.807) is 12.1 Å². The van der Waals surface area contributed by atoms with Crippen LogP contribution in [-0.2, 0) is 9.59 Å². The van der Waals surface area contributed by atoms with E-state index in [-0.39, 0.29) is 6.42 Å². The highest BCUT2D eigenvalue weighted by Gasteiger charge is 2.27. The van der Waals surface area contributed by atoms with Crippen molar-refractivity contribution in [2.75, 3.05) is 5.32 Å². The highest BCUT2D eigenvalue weighted by atomic mass is 16.2. The summed E-state index contributed by atoms with van der Waals surface area (Å²) in [6.45, 7) is 0. The second kappa shape index (κ2) is 4.10. The van der Waals surface area contributed by atoms with Crippen molar-refractivity contribution in [3.05, 3.63) is 29.3 Å². The molecule has 1 heterocycles. The number of Topliss-reactive ketones (excluding diaryl/α,β-unsaturated/α-hetero) is 1. The molecule has 0 aromatic heterocycles. The molecule has 1 aliphatic heterocycles. The Hall–Kier alpha value is -2.61. The van der Waals surface area contributed by atoms with Crippen molar-refractivity contribution in [2.45, 2.75) is 6.42 Å². The van der Waals surface area contributed by atoms with Crippen LogP contribution in [0.4, 0.5) is 5.69 Å². The molecule has 2 rings (SSSR count). The summed E-state index contributed by atoms with van der Waals surface area (Å²) in [6.07, 6.45) is -0.0395. The Labute approximate surface area is 97.0 Å². The van der Waals surface area contributed by atoms with Gasteiger partial charge in [-0.2, -0.15) is 0 Å². The number of nitrogens with two attached hydrogens (primary N) is 1. The number of amides is 2. The number of fused-ring (bicyclic) bond motifs is 1. The Balaban J connectivity index is 2.28. The lowest BCUT2D eigenvalue weighted by Crippen LogP contribution is -2.12. The summed E-state index contributed by atoms with van der Waals surface area (Å²) in [5.41, 5.74) is 6.29. The van der Waals surface area contributed by atoms with E-state index in [2.05, 4.69) is 17.2 Å². The van der Waals surface area contributed by atoms with E-state index in [1.165, 1.54) is 6.07 Å². The molecule has 0 aliphatic carbocycles. The summed E-state index contributed by atoms with van der Waals surface area (Å²) >= 11 is 0. The SMILES string of the molecule is NC(=O)CC#Cc1ccc2c(c1)C(=O)C(=O)N2. The van der Waals surface area contributed by atoms with Crippen LogP contribution in [0.1, 0.15) is 22.3 Å². The smallest absolute Gasteiger partial charge is 0.296 e. The van der Waals surface area contributed by atoms with Gasteiger partial charge in [0, 0.05) is 5.56 Å². The number of carbonyl (C=O) groups excluding carboxylic acids is 3. The number of benzene rings is 1. The fraction of sp³-hybridized carbons (Fsp3) is 0.0833. The molecule has 1 aliphatic rings. The van der Waals surface area contributed by atoms with Crippen molar-refractivity contribution in [3.63, 3.8) is 0 Å². The van der Waals surface area contributed by atoms with Gasteiger partial charge in [0.1, 0.15) is 0 Å². The minimum absolute atomic E-state index is 0.0395. The topological polar surface area (TPSA) is 89.3 Å². The molecule has 0 fully saturated rings. The van der Waals surface area contributed by atoms with Crippen molar-refractivity contribution in [2.24, 2.45) is 5.73 Å². The van der Waals surface area contributed by atoms with Crippen molar-refractivity contribution < 1.29 is 14.4 Å². The summed E-state index contributed by atoms with van der Waals surface area (Å²) < 4.78 is 0. The Morgan fingerprint density at radius 3 is 2.82 bits per heavy atom. The van der Waals surface area contributed by atoms with E-state index in [0.717, 1.165) is 0 Å². The van der Waals surface area contributed by atoms with Gasteiger partial charge < -0.3 is 11.1 Å². The van der Waals surface area contributed by atoms with Gasteiger partial charge in [-0.15, -0.1) is 0 Å². The first-order valence-corrected chi connectivity index (χ1v) is 4.85. The van der Waals surface area contributed by atoms with Crippen molar-refractivity contribution >= 4 is 23.3 Å². The van der Waals surface area contributed by atoms with Crippen LogP contribution < -0.4 is 11.1 Å². The molecule has 0 spiro atoms. The van der Waals surface area contributed by atoms with Gasteiger partial charge in [-0.25, -0.2) is 0 Å². The normalized spacial score (nSPS) is 12.5. The minimum Gasteiger partial charge on any atom is -0.369 e. The van der Waals surface area contributed by atoms with Gasteiger partial charge in [-0.3, -0.25) is 14.4 Å². The molecule has 0 radical (unpaired) electrons. The lowest BCUT2D eigenvalue weighted by atomic mass is 10.1. The number of ketones is 1. The van der Waals surface area contributed by atoms with Gasteiger partial charge in [-0.05, 0) is 18.2 Å². The average molecular weight is 228 g/mol. The lowest BCUT2D eigenvalue weighted by Gasteiger charge is -1.96. The van der Waals surface area contributed by atoms with Crippen molar-refractivity contribution in [1.82, 2.24) is 0 Å². The van der Waals surface area contributed by atoms with Gasteiger partial charge in [0.05, 0.1) is 17.7 Å². The summed E-state index contributed by atoms with van der Waals surface area (Å²) in [5, 5.41) is 2.44. The van der Waals surface area contributed by atoms with Crippen LogP contribution in [0.15, 0.2) is 18.2 Å². The zero-order valence-electron chi connectivity index (χ0n) is 8.74. The molecule has 3 N–H and O–H groups in total. The summed E-state index contributed by atoms with van der Waals surface area (Å²) in [6, 6.07) is 4.78. The lowest BCUT2D eigenvalue weighted by molar-refractivity contribution is -0.117. The molecule has 5 nitrogen and oxygen atoms in total.